The molecule has 0 saturated heterocycles. The summed E-state index contributed by atoms with van der Waals surface area (Å²) in [6.45, 7) is 0.360. The zero-order valence-electron chi connectivity index (χ0n) is 19.7. The fourth-order valence-corrected chi connectivity index (χ4v) is 5.20. The number of halogens is 2. The summed E-state index contributed by atoms with van der Waals surface area (Å²) in [7, 11) is 2.97. The van der Waals surface area contributed by atoms with Crippen molar-refractivity contribution in [2.24, 2.45) is 0 Å². The molecule has 0 aliphatic heterocycles. The molecule has 2 aromatic carbocycles. The summed E-state index contributed by atoms with van der Waals surface area (Å²) in [5, 5.41) is 20.7. The second-order valence-corrected chi connectivity index (χ2v) is 9.00. The van der Waals surface area contributed by atoms with Crippen molar-refractivity contribution >= 4 is 16.9 Å². The number of hydrogen-bond acceptors (Lipinski definition) is 5. The number of aromatic carboxylic acids is 1. The smallest absolute Gasteiger partial charge is 0.354 e. The first-order valence-corrected chi connectivity index (χ1v) is 11.4. The number of aromatic nitrogens is 2. The molecule has 1 saturated carbocycles. The van der Waals surface area contributed by atoms with Gasteiger partial charge in [0.2, 0.25) is 0 Å². The predicted octanol–water partition coefficient (Wildman–Crippen LogP) is 5.45. The van der Waals surface area contributed by atoms with Gasteiger partial charge in [0, 0.05) is 53.4 Å². The molecule has 4 aromatic rings. The number of methoxy groups -OCH3 is 2. The van der Waals surface area contributed by atoms with Crippen molar-refractivity contribution in [2.75, 3.05) is 20.8 Å². The average Bonchev–Trinajstić information content (AvgIpc) is 3.17. The van der Waals surface area contributed by atoms with E-state index in [2.05, 4.69) is 4.98 Å². The third-order valence-corrected chi connectivity index (χ3v) is 6.91. The Morgan fingerprint density at radius 1 is 1.14 bits per heavy atom. The molecule has 186 valence electrons. The summed E-state index contributed by atoms with van der Waals surface area (Å²) < 4.78 is 41.6. The maximum absolute atomic E-state index is 14.7. The predicted molar refractivity (Wildman–Crippen MR) is 129 cm³/mol. The molecule has 0 amide bonds. The van der Waals surface area contributed by atoms with Gasteiger partial charge in [-0.3, -0.25) is 0 Å². The van der Waals surface area contributed by atoms with Gasteiger partial charge in [0.25, 0.3) is 0 Å². The highest BCUT2D eigenvalue weighted by Gasteiger charge is 2.45. The van der Waals surface area contributed by atoms with Crippen LogP contribution in [0.25, 0.3) is 27.7 Å². The Balaban J connectivity index is 1.93. The van der Waals surface area contributed by atoms with Crippen LogP contribution in [0, 0.1) is 11.6 Å². The molecule has 0 spiro atoms. The Hall–Kier alpha value is -3.98. The topological polar surface area (TPSA) is 93.8 Å². The van der Waals surface area contributed by atoms with Crippen LogP contribution >= 0.6 is 0 Å². The first kappa shape index (κ1) is 23.7. The van der Waals surface area contributed by atoms with Gasteiger partial charge in [0.15, 0.2) is 11.6 Å². The van der Waals surface area contributed by atoms with Gasteiger partial charge in [-0.25, -0.2) is 18.6 Å². The van der Waals surface area contributed by atoms with Gasteiger partial charge in [-0.05, 0) is 37.1 Å². The molecule has 0 bridgehead atoms. The molecule has 1 fully saturated rings. The lowest BCUT2D eigenvalue weighted by atomic mass is 9.65. The number of nitrogens with zero attached hydrogens (tertiary/aromatic N) is 2. The largest absolute Gasteiger partial charge is 0.507 e. The number of phenolic OH excluding ortho intramolecular Hbond substituents is 1. The zero-order valence-corrected chi connectivity index (χ0v) is 19.7. The van der Waals surface area contributed by atoms with Gasteiger partial charge in [0.05, 0.1) is 24.6 Å². The van der Waals surface area contributed by atoms with Crippen molar-refractivity contribution in [1.29, 1.82) is 0 Å². The highest BCUT2D eigenvalue weighted by Crippen LogP contribution is 2.53. The second-order valence-electron chi connectivity index (χ2n) is 9.00. The number of benzene rings is 2. The molecule has 1 aliphatic carbocycles. The molecule has 2 N–H and O–H groups in total. The summed E-state index contributed by atoms with van der Waals surface area (Å²) in [5.74, 6) is -2.60. The summed E-state index contributed by atoms with van der Waals surface area (Å²) in [4.78, 5) is 15.5. The van der Waals surface area contributed by atoms with E-state index in [1.54, 1.807) is 23.8 Å². The normalized spacial score (nSPS) is 14.6. The minimum Gasteiger partial charge on any atom is -0.507 e. The first-order valence-electron chi connectivity index (χ1n) is 11.4. The molecular formula is C27H24F2N2O5. The number of fused-ring (bicyclic) bond motifs is 1. The Labute approximate surface area is 205 Å². The van der Waals surface area contributed by atoms with Crippen molar-refractivity contribution in [1.82, 2.24) is 9.55 Å². The maximum Gasteiger partial charge on any atom is 0.354 e. The van der Waals surface area contributed by atoms with Gasteiger partial charge in [-0.2, -0.15) is 0 Å². The van der Waals surface area contributed by atoms with E-state index < -0.39 is 23.0 Å². The summed E-state index contributed by atoms with van der Waals surface area (Å²) in [6, 6.07) is 9.72. The number of carboxylic acids is 1. The zero-order chi connectivity index (χ0) is 25.6. The lowest BCUT2D eigenvalue weighted by molar-refractivity contribution is 0.0690. The number of phenols is 1. The molecule has 0 unspecified atom stereocenters. The highest BCUT2D eigenvalue weighted by molar-refractivity contribution is 6.04. The van der Waals surface area contributed by atoms with Gasteiger partial charge < -0.3 is 24.3 Å². The molecule has 2 heterocycles. The molecule has 2 aromatic heterocycles. The third-order valence-electron chi connectivity index (χ3n) is 6.91. The Morgan fingerprint density at radius 3 is 2.50 bits per heavy atom. The number of aromatic hydroxyl groups is 1. The van der Waals surface area contributed by atoms with Gasteiger partial charge in [0.1, 0.15) is 17.3 Å². The van der Waals surface area contributed by atoms with E-state index in [9.17, 15) is 23.8 Å². The van der Waals surface area contributed by atoms with Crippen molar-refractivity contribution < 1.29 is 33.3 Å². The van der Waals surface area contributed by atoms with Crippen LogP contribution in [-0.4, -0.2) is 46.6 Å². The minimum atomic E-state index is -1.16. The van der Waals surface area contributed by atoms with E-state index in [4.69, 9.17) is 9.47 Å². The summed E-state index contributed by atoms with van der Waals surface area (Å²) in [6.07, 6.45) is 3.91. The van der Waals surface area contributed by atoms with Gasteiger partial charge in [-0.1, -0.05) is 12.5 Å². The van der Waals surface area contributed by atoms with E-state index in [1.807, 2.05) is 0 Å². The van der Waals surface area contributed by atoms with E-state index in [0.29, 0.717) is 34.3 Å². The van der Waals surface area contributed by atoms with E-state index in [-0.39, 0.29) is 17.2 Å². The number of rotatable bonds is 7. The van der Waals surface area contributed by atoms with Crippen LogP contribution in [0.1, 0.15) is 35.4 Å². The van der Waals surface area contributed by atoms with E-state index >= 15 is 0 Å². The number of carbonyl (C=O) groups is 1. The Kier molecular flexibility index (Phi) is 5.88. The van der Waals surface area contributed by atoms with Gasteiger partial charge >= 0.3 is 5.97 Å². The van der Waals surface area contributed by atoms with Crippen LogP contribution in [0.15, 0.2) is 48.7 Å². The number of ether oxygens (including phenoxy) is 2. The number of hydrogen-bond donors (Lipinski definition) is 2. The molecular weight excluding hydrogens is 470 g/mol. The van der Waals surface area contributed by atoms with Crippen molar-refractivity contribution in [2.45, 2.75) is 24.7 Å². The van der Waals surface area contributed by atoms with Crippen molar-refractivity contribution in [3.63, 3.8) is 0 Å². The van der Waals surface area contributed by atoms with Crippen LogP contribution in [0.3, 0.4) is 0 Å². The fraction of sp³-hybridized carbons (Fsp3) is 0.259. The van der Waals surface area contributed by atoms with Crippen LogP contribution in [0.2, 0.25) is 0 Å². The summed E-state index contributed by atoms with van der Waals surface area (Å²) >= 11 is 0. The molecule has 7 nitrogen and oxygen atoms in total. The quantitative estimate of drug-likeness (QED) is 0.355. The average molecular weight is 494 g/mol. The van der Waals surface area contributed by atoms with E-state index in [1.165, 1.54) is 37.6 Å². The first-order chi connectivity index (χ1) is 17.3. The number of carboxylic acid groups (broad SMARTS) is 1. The Morgan fingerprint density at radius 2 is 1.92 bits per heavy atom. The van der Waals surface area contributed by atoms with Crippen molar-refractivity contribution in [3.8, 4) is 28.3 Å². The third kappa shape index (κ3) is 3.67. The SMILES string of the molecule is COCC1(c2c(-c3ccc(C(=O)O)nc3)c3c(O)cc(F)cc3n2-c2ccc(F)c(OC)c2)CCC1. The highest BCUT2D eigenvalue weighted by atomic mass is 19.1. The standard InChI is InChI=1S/C27H24F2N2O5/c1-35-14-27(8-3-9-27)25-23(15-4-7-19(26(33)34)30-13-15)24-20(10-16(28)11-21(24)32)31(25)17-5-6-18(29)22(12-17)36-2/h4-7,10-13,32H,3,8-9,14H2,1-2H3,(H,33,34). The van der Waals surface area contributed by atoms with E-state index in [0.717, 1.165) is 31.0 Å². The molecule has 9 heteroatoms. The fourth-order valence-electron chi connectivity index (χ4n) is 5.20. The van der Waals surface area contributed by atoms with Crippen LogP contribution in [0.4, 0.5) is 8.78 Å². The molecule has 0 radical (unpaired) electrons. The molecule has 36 heavy (non-hydrogen) atoms. The van der Waals surface area contributed by atoms with Crippen molar-refractivity contribution in [3.05, 3.63) is 71.7 Å². The molecule has 5 rings (SSSR count). The van der Waals surface area contributed by atoms with Crippen LogP contribution < -0.4 is 4.74 Å². The lowest BCUT2D eigenvalue weighted by Crippen LogP contribution is -2.41. The van der Waals surface area contributed by atoms with Gasteiger partial charge in [-0.15, -0.1) is 0 Å². The summed E-state index contributed by atoms with van der Waals surface area (Å²) in [5.41, 5.74) is 2.16. The molecule has 1 aliphatic rings. The van der Waals surface area contributed by atoms with Crippen LogP contribution in [0.5, 0.6) is 11.5 Å². The lowest BCUT2D eigenvalue weighted by Gasteiger charge is -2.43. The maximum atomic E-state index is 14.7. The second kappa shape index (κ2) is 8.91. The monoisotopic (exact) mass is 494 g/mol. The Bertz CT molecular complexity index is 1480. The van der Waals surface area contributed by atoms with Crippen LogP contribution in [-0.2, 0) is 10.2 Å². The molecule has 0 atom stereocenters. The minimum absolute atomic E-state index is 0.0179. The number of pyridine rings is 1.